The molecule has 4 aromatic rings. The molecule has 3 aromatic carbocycles. The Morgan fingerprint density at radius 3 is 2.16 bits per heavy atom. The maximum absolute atomic E-state index is 13.2. The van der Waals surface area contributed by atoms with Gasteiger partial charge in [0.05, 0.1) is 10.9 Å². The number of amides is 1. The summed E-state index contributed by atoms with van der Waals surface area (Å²) in [5.74, 6) is -0.0352. The van der Waals surface area contributed by atoms with Gasteiger partial charge in [0, 0.05) is 26.1 Å². The molecule has 1 aromatic heterocycles. The van der Waals surface area contributed by atoms with E-state index in [4.69, 9.17) is 0 Å². The van der Waals surface area contributed by atoms with E-state index >= 15 is 0 Å². The first-order valence-electron chi connectivity index (χ1n) is 10.7. The first-order valence-corrected chi connectivity index (χ1v) is 10.7. The molecule has 0 aliphatic rings. The van der Waals surface area contributed by atoms with Crippen LogP contribution < -0.4 is 11.2 Å². The fourth-order valence-electron chi connectivity index (χ4n) is 3.83. The monoisotopic (exact) mass is 427 g/mol. The Bertz CT molecular complexity index is 1310. The maximum Gasteiger partial charge on any atom is 0.328 e. The van der Waals surface area contributed by atoms with Crippen LogP contribution >= 0.6 is 0 Å². The van der Waals surface area contributed by atoms with Crippen molar-refractivity contribution in [3.63, 3.8) is 0 Å². The van der Waals surface area contributed by atoms with Gasteiger partial charge in [-0.2, -0.15) is 0 Å². The fraction of sp³-hybridized carbons (Fsp3) is 0.192. The lowest BCUT2D eigenvalue weighted by Crippen LogP contribution is -2.35. The molecule has 4 rings (SSSR count). The smallest absolute Gasteiger partial charge is 0.328 e. The van der Waals surface area contributed by atoms with Gasteiger partial charge in [-0.05, 0) is 29.7 Å². The molecule has 0 atom stereocenters. The van der Waals surface area contributed by atoms with Crippen molar-refractivity contribution in [2.24, 2.45) is 0 Å². The molecule has 0 spiro atoms. The van der Waals surface area contributed by atoms with Crippen LogP contribution in [-0.4, -0.2) is 26.9 Å². The zero-order chi connectivity index (χ0) is 22.3. The lowest BCUT2D eigenvalue weighted by Gasteiger charge is -2.23. The summed E-state index contributed by atoms with van der Waals surface area (Å²) < 4.78 is 1.46. The van der Waals surface area contributed by atoms with E-state index in [0.29, 0.717) is 24.0 Å². The molecule has 32 heavy (non-hydrogen) atoms. The third-order valence-corrected chi connectivity index (χ3v) is 5.54. The summed E-state index contributed by atoms with van der Waals surface area (Å²) in [6, 6.07) is 26.9. The number of nitrogens with one attached hydrogen (secondary N) is 1. The minimum atomic E-state index is -0.500. The van der Waals surface area contributed by atoms with Crippen molar-refractivity contribution in [2.75, 3.05) is 6.54 Å². The minimum Gasteiger partial charge on any atom is -0.338 e. The SMILES string of the molecule is O=C(CCn1c(=O)[nH]c(=O)c2ccccc21)N(CCc1ccccc1)Cc1ccccc1. The van der Waals surface area contributed by atoms with E-state index in [1.165, 1.54) is 10.1 Å². The number of para-hydroxylation sites is 1. The second kappa shape index (κ2) is 9.92. The third kappa shape index (κ3) is 5.03. The van der Waals surface area contributed by atoms with Gasteiger partial charge in [-0.15, -0.1) is 0 Å². The highest BCUT2D eigenvalue weighted by atomic mass is 16.2. The Labute approximate surface area is 185 Å². The summed E-state index contributed by atoms with van der Waals surface area (Å²) in [4.78, 5) is 41.9. The number of nitrogens with zero attached hydrogens (tertiary/aromatic N) is 2. The van der Waals surface area contributed by atoms with Crippen molar-refractivity contribution in [3.8, 4) is 0 Å². The number of hydrogen-bond acceptors (Lipinski definition) is 3. The number of carbonyl (C=O) groups is 1. The van der Waals surface area contributed by atoms with E-state index < -0.39 is 11.2 Å². The Morgan fingerprint density at radius 2 is 1.44 bits per heavy atom. The number of aromatic nitrogens is 2. The largest absolute Gasteiger partial charge is 0.338 e. The van der Waals surface area contributed by atoms with Gasteiger partial charge in [-0.1, -0.05) is 72.8 Å². The second-order valence-electron chi connectivity index (χ2n) is 7.71. The summed E-state index contributed by atoms with van der Waals surface area (Å²) >= 11 is 0. The average Bonchev–Trinajstić information content (AvgIpc) is 2.83. The summed E-state index contributed by atoms with van der Waals surface area (Å²) in [6.07, 6.45) is 0.915. The van der Waals surface area contributed by atoms with Crippen LogP contribution in [-0.2, 0) is 24.3 Å². The summed E-state index contributed by atoms with van der Waals surface area (Å²) in [7, 11) is 0. The van der Waals surface area contributed by atoms with Gasteiger partial charge < -0.3 is 4.90 Å². The van der Waals surface area contributed by atoms with Gasteiger partial charge >= 0.3 is 5.69 Å². The topological polar surface area (TPSA) is 75.2 Å². The standard InChI is InChI=1S/C26H25N3O3/c30-24(16-18-29-23-14-8-7-13-22(23)25(31)27-26(29)32)28(19-21-11-5-2-6-12-21)17-15-20-9-3-1-4-10-20/h1-14H,15-19H2,(H,27,31,32). The molecule has 1 amide bonds. The molecule has 0 radical (unpaired) electrons. The van der Waals surface area contributed by atoms with Crippen LogP contribution in [0.4, 0.5) is 0 Å². The van der Waals surface area contributed by atoms with Gasteiger partial charge in [0.1, 0.15) is 0 Å². The molecule has 0 saturated heterocycles. The Morgan fingerprint density at radius 1 is 0.812 bits per heavy atom. The highest BCUT2D eigenvalue weighted by Gasteiger charge is 2.16. The van der Waals surface area contributed by atoms with Crippen LogP contribution in [0.5, 0.6) is 0 Å². The van der Waals surface area contributed by atoms with Crippen LogP contribution in [0.2, 0.25) is 0 Å². The maximum atomic E-state index is 13.2. The first-order chi connectivity index (χ1) is 15.6. The van der Waals surface area contributed by atoms with Crippen molar-refractivity contribution in [1.82, 2.24) is 14.5 Å². The van der Waals surface area contributed by atoms with E-state index in [1.54, 1.807) is 24.3 Å². The van der Waals surface area contributed by atoms with Crippen molar-refractivity contribution < 1.29 is 4.79 Å². The molecule has 6 nitrogen and oxygen atoms in total. The van der Waals surface area contributed by atoms with E-state index in [9.17, 15) is 14.4 Å². The van der Waals surface area contributed by atoms with Crippen LogP contribution in [0.15, 0.2) is 94.5 Å². The van der Waals surface area contributed by atoms with Gasteiger partial charge in [0.2, 0.25) is 5.91 Å². The normalized spacial score (nSPS) is 10.9. The molecule has 0 aliphatic heterocycles. The molecule has 1 heterocycles. The zero-order valence-electron chi connectivity index (χ0n) is 17.7. The van der Waals surface area contributed by atoms with Crippen molar-refractivity contribution in [1.29, 1.82) is 0 Å². The van der Waals surface area contributed by atoms with Gasteiger partial charge in [0.25, 0.3) is 5.56 Å². The van der Waals surface area contributed by atoms with E-state index in [0.717, 1.165) is 12.0 Å². The molecule has 162 valence electrons. The van der Waals surface area contributed by atoms with Crippen LogP contribution in [0.25, 0.3) is 10.9 Å². The van der Waals surface area contributed by atoms with Gasteiger partial charge in [0.15, 0.2) is 0 Å². The van der Waals surface area contributed by atoms with E-state index in [2.05, 4.69) is 17.1 Å². The number of hydrogen-bond donors (Lipinski definition) is 1. The highest BCUT2D eigenvalue weighted by molar-refractivity contribution is 5.79. The lowest BCUT2D eigenvalue weighted by molar-refractivity contribution is -0.132. The van der Waals surface area contributed by atoms with Gasteiger partial charge in [-0.3, -0.25) is 19.1 Å². The summed E-state index contributed by atoms with van der Waals surface area (Å²) in [6.45, 7) is 1.29. The van der Waals surface area contributed by atoms with Crippen molar-refractivity contribution in [3.05, 3.63) is 117 Å². The van der Waals surface area contributed by atoms with Gasteiger partial charge in [-0.25, -0.2) is 4.79 Å². The van der Waals surface area contributed by atoms with Crippen molar-refractivity contribution >= 4 is 16.8 Å². The third-order valence-electron chi connectivity index (χ3n) is 5.54. The minimum absolute atomic E-state index is 0.0352. The molecule has 6 heteroatoms. The van der Waals surface area contributed by atoms with Crippen LogP contribution in [0.3, 0.4) is 0 Å². The van der Waals surface area contributed by atoms with Crippen molar-refractivity contribution in [2.45, 2.75) is 25.9 Å². The highest BCUT2D eigenvalue weighted by Crippen LogP contribution is 2.11. The van der Waals surface area contributed by atoms with E-state index in [-0.39, 0.29) is 18.9 Å². The predicted molar refractivity (Wildman–Crippen MR) is 125 cm³/mol. The average molecular weight is 428 g/mol. The quantitative estimate of drug-likeness (QED) is 0.469. The number of carbonyl (C=O) groups excluding carboxylic acids is 1. The van der Waals surface area contributed by atoms with Crippen LogP contribution in [0, 0.1) is 0 Å². The molecule has 0 bridgehead atoms. The number of fused-ring (bicyclic) bond motifs is 1. The number of benzene rings is 3. The molecular weight excluding hydrogens is 402 g/mol. The lowest BCUT2D eigenvalue weighted by atomic mass is 10.1. The fourth-order valence-corrected chi connectivity index (χ4v) is 3.83. The molecular formula is C26H25N3O3. The number of H-pyrrole nitrogens is 1. The number of aromatic amines is 1. The molecule has 0 aliphatic carbocycles. The zero-order valence-corrected chi connectivity index (χ0v) is 17.7. The molecule has 0 fully saturated rings. The number of aryl methyl sites for hydroxylation is 1. The predicted octanol–water partition coefficient (Wildman–Crippen LogP) is 3.35. The van der Waals surface area contributed by atoms with E-state index in [1.807, 2.05) is 53.4 Å². The van der Waals surface area contributed by atoms with Crippen LogP contribution in [0.1, 0.15) is 17.5 Å². The number of rotatable bonds is 8. The second-order valence-corrected chi connectivity index (χ2v) is 7.71. The molecule has 0 unspecified atom stereocenters. The Kier molecular flexibility index (Phi) is 6.60. The molecule has 0 saturated carbocycles. The summed E-state index contributed by atoms with van der Waals surface area (Å²) in [5.41, 5.74) is 1.84. The molecule has 1 N–H and O–H groups in total. The Hall–Kier alpha value is -3.93. The Balaban J connectivity index is 1.53. The first kappa shape index (κ1) is 21.3. The summed E-state index contributed by atoms with van der Waals surface area (Å²) in [5, 5.41) is 0.435.